The number of hydrogen-bond acceptors (Lipinski definition) is 4. The molecule has 26 heavy (non-hydrogen) atoms. The standard InChI is InChI=1S/C22H22N2O2/c1-17(21-14-13-20(26-2)15-22(21)25)23-24(19-11-7-4-8-12-19)16-18-9-5-3-6-10-18/h3-15,25H,16H2,1-2H3. The summed E-state index contributed by atoms with van der Waals surface area (Å²) in [5.74, 6) is 0.765. The first-order chi connectivity index (χ1) is 12.7. The fourth-order valence-electron chi connectivity index (χ4n) is 2.72. The van der Waals surface area contributed by atoms with Crippen LogP contribution in [0.4, 0.5) is 5.69 Å². The first-order valence-corrected chi connectivity index (χ1v) is 8.46. The zero-order valence-corrected chi connectivity index (χ0v) is 15.0. The Bertz CT molecular complexity index is 877. The zero-order chi connectivity index (χ0) is 18.4. The quantitative estimate of drug-likeness (QED) is 0.513. The summed E-state index contributed by atoms with van der Waals surface area (Å²) in [5.41, 5.74) is 3.56. The molecule has 0 aliphatic heterocycles. The van der Waals surface area contributed by atoms with E-state index in [0.29, 0.717) is 17.9 Å². The molecular formula is C22H22N2O2. The highest BCUT2D eigenvalue weighted by Gasteiger charge is 2.11. The fraction of sp³-hybridized carbons (Fsp3) is 0.136. The minimum Gasteiger partial charge on any atom is -0.507 e. The summed E-state index contributed by atoms with van der Waals surface area (Å²) in [7, 11) is 1.58. The lowest BCUT2D eigenvalue weighted by molar-refractivity contribution is 0.407. The van der Waals surface area contributed by atoms with Crippen LogP contribution in [0.15, 0.2) is 84.0 Å². The highest BCUT2D eigenvalue weighted by atomic mass is 16.5. The summed E-state index contributed by atoms with van der Waals surface area (Å²) in [6, 6.07) is 25.4. The highest BCUT2D eigenvalue weighted by Crippen LogP contribution is 2.25. The van der Waals surface area contributed by atoms with Crippen LogP contribution < -0.4 is 9.75 Å². The lowest BCUT2D eigenvalue weighted by Gasteiger charge is -2.21. The van der Waals surface area contributed by atoms with E-state index in [4.69, 9.17) is 9.84 Å². The molecule has 3 rings (SSSR count). The van der Waals surface area contributed by atoms with Crippen LogP contribution in [0.2, 0.25) is 0 Å². The molecule has 0 saturated carbocycles. The maximum absolute atomic E-state index is 10.3. The van der Waals surface area contributed by atoms with Crippen LogP contribution >= 0.6 is 0 Å². The third-order valence-electron chi connectivity index (χ3n) is 4.09. The van der Waals surface area contributed by atoms with E-state index in [1.54, 1.807) is 13.2 Å². The highest BCUT2D eigenvalue weighted by molar-refractivity contribution is 6.01. The number of phenolic OH excluding ortho intramolecular Hbond substituents is 1. The normalized spacial score (nSPS) is 11.2. The second kappa shape index (κ2) is 8.21. The van der Waals surface area contributed by atoms with Crippen molar-refractivity contribution in [3.63, 3.8) is 0 Å². The van der Waals surface area contributed by atoms with Gasteiger partial charge in [-0.1, -0.05) is 48.5 Å². The molecule has 1 N–H and O–H groups in total. The van der Waals surface area contributed by atoms with Crippen LogP contribution in [0, 0.1) is 0 Å². The van der Waals surface area contributed by atoms with Gasteiger partial charge in [0.2, 0.25) is 0 Å². The van der Waals surface area contributed by atoms with E-state index in [1.807, 2.05) is 72.6 Å². The molecule has 132 valence electrons. The molecule has 3 aromatic rings. The van der Waals surface area contributed by atoms with Gasteiger partial charge >= 0.3 is 0 Å². The number of hydrogen-bond donors (Lipinski definition) is 1. The molecule has 4 nitrogen and oxygen atoms in total. The molecule has 0 saturated heterocycles. The smallest absolute Gasteiger partial charge is 0.128 e. The fourth-order valence-corrected chi connectivity index (χ4v) is 2.72. The zero-order valence-electron chi connectivity index (χ0n) is 15.0. The van der Waals surface area contributed by atoms with E-state index in [9.17, 15) is 5.11 Å². The predicted octanol–water partition coefficient (Wildman–Crippen LogP) is 4.83. The molecule has 0 spiro atoms. The third kappa shape index (κ3) is 4.22. The first-order valence-electron chi connectivity index (χ1n) is 8.46. The molecular weight excluding hydrogens is 324 g/mol. The van der Waals surface area contributed by atoms with Gasteiger partial charge in [-0.3, -0.25) is 5.01 Å². The van der Waals surface area contributed by atoms with Gasteiger partial charge in [0, 0.05) is 11.6 Å². The average Bonchev–Trinajstić information content (AvgIpc) is 2.68. The van der Waals surface area contributed by atoms with Crippen molar-refractivity contribution >= 4 is 11.4 Å². The van der Waals surface area contributed by atoms with Gasteiger partial charge in [-0.25, -0.2) is 0 Å². The second-order valence-corrected chi connectivity index (χ2v) is 5.95. The van der Waals surface area contributed by atoms with E-state index in [0.717, 1.165) is 17.0 Å². The van der Waals surface area contributed by atoms with Crippen LogP contribution in [-0.4, -0.2) is 17.9 Å². The molecule has 0 radical (unpaired) electrons. The molecule has 3 aromatic carbocycles. The Hall–Kier alpha value is -3.27. The number of benzene rings is 3. The molecule has 0 amide bonds. The van der Waals surface area contributed by atoms with Crippen molar-refractivity contribution in [2.24, 2.45) is 5.10 Å². The van der Waals surface area contributed by atoms with Crippen molar-refractivity contribution in [3.8, 4) is 11.5 Å². The van der Waals surface area contributed by atoms with E-state index < -0.39 is 0 Å². The van der Waals surface area contributed by atoms with Crippen LogP contribution in [0.1, 0.15) is 18.1 Å². The van der Waals surface area contributed by atoms with Gasteiger partial charge in [0.25, 0.3) is 0 Å². The number of nitrogens with zero attached hydrogens (tertiary/aromatic N) is 2. The Labute approximate surface area is 154 Å². The summed E-state index contributed by atoms with van der Waals surface area (Å²) >= 11 is 0. The Balaban J connectivity index is 1.95. The maximum atomic E-state index is 10.3. The number of ether oxygens (including phenoxy) is 1. The summed E-state index contributed by atoms with van der Waals surface area (Å²) in [5, 5.41) is 17.0. The summed E-state index contributed by atoms with van der Waals surface area (Å²) in [4.78, 5) is 0. The Morgan fingerprint density at radius 2 is 1.62 bits per heavy atom. The van der Waals surface area contributed by atoms with Gasteiger partial charge in [-0.15, -0.1) is 0 Å². The van der Waals surface area contributed by atoms with Crippen molar-refractivity contribution in [1.29, 1.82) is 0 Å². The number of phenols is 1. The molecule has 0 aromatic heterocycles. The maximum Gasteiger partial charge on any atom is 0.128 e. The Morgan fingerprint density at radius 1 is 0.962 bits per heavy atom. The van der Waals surface area contributed by atoms with Gasteiger partial charge in [0.1, 0.15) is 11.5 Å². The van der Waals surface area contributed by atoms with Gasteiger partial charge in [0.05, 0.1) is 25.1 Å². The van der Waals surface area contributed by atoms with Crippen LogP contribution in [0.3, 0.4) is 0 Å². The topological polar surface area (TPSA) is 45.1 Å². The average molecular weight is 346 g/mol. The van der Waals surface area contributed by atoms with Crippen LogP contribution in [0.5, 0.6) is 11.5 Å². The van der Waals surface area contributed by atoms with E-state index >= 15 is 0 Å². The third-order valence-corrected chi connectivity index (χ3v) is 4.09. The monoisotopic (exact) mass is 346 g/mol. The number of hydrazone groups is 1. The molecule has 0 fully saturated rings. The van der Waals surface area contributed by atoms with E-state index in [2.05, 4.69) is 12.1 Å². The lowest BCUT2D eigenvalue weighted by Crippen LogP contribution is -2.18. The number of aromatic hydroxyl groups is 1. The van der Waals surface area contributed by atoms with Gasteiger partial charge in [-0.2, -0.15) is 5.10 Å². The van der Waals surface area contributed by atoms with E-state index in [-0.39, 0.29) is 5.75 Å². The summed E-state index contributed by atoms with van der Waals surface area (Å²) in [6.45, 7) is 2.53. The first kappa shape index (κ1) is 17.5. The number of para-hydroxylation sites is 1. The van der Waals surface area contributed by atoms with Gasteiger partial charge in [-0.05, 0) is 36.8 Å². The lowest BCUT2D eigenvalue weighted by atomic mass is 10.1. The number of rotatable bonds is 6. The van der Waals surface area contributed by atoms with Crippen LogP contribution in [0.25, 0.3) is 0 Å². The van der Waals surface area contributed by atoms with Gasteiger partial charge in [0.15, 0.2) is 0 Å². The minimum atomic E-state index is 0.151. The van der Waals surface area contributed by atoms with Crippen molar-refractivity contribution in [1.82, 2.24) is 0 Å². The van der Waals surface area contributed by atoms with Gasteiger partial charge < -0.3 is 9.84 Å². The Kier molecular flexibility index (Phi) is 5.54. The van der Waals surface area contributed by atoms with Crippen molar-refractivity contribution in [2.75, 3.05) is 12.1 Å². The van der Waals surface area contributed by atoms with Crippen molar-refractivity contribution < 1.29 is 9.84 Å². The van der Waals surface area contributed by atoms with Crippen molar-refractivity contribution in [2.45, 2.75) is 13.5 Å². The van der Waals surface area contributed by atoms with Crippen molar-refractivity contribution in [3.05, 3.63) is 90.0 Å². The molecule has 0 heterocycles. The molecule has 0 aliphatic carbocycles. The minimum absolute atomic E-state index is 0.151. The summed E-state index contributed by atoms with van der Waals surface area (Å²) in [6.07, 6.45) is 0. The van der Waals surface area contributed by atoms with Crippen LogP contribution in [-0.2, 0) is 6.54 Å². The largest absolute Gasteiger partial charge is 0.507 e. The van der Waals surface area contributed by atoms with E-state index in [1.165, 1.54) is 0 Å². The Morgan fingerprint density at radius 3 is 2.23 bits per heavy atom. The molecule has 0 bridgehead atoms. The SMILES string of the molecule is COc1ccc(C(C)=NN(Cc2ccccc2)c2ccccc2)c(O)c1. The molecule has 4 heteroatoms. The molecule has 0 atom stereocenters. The number of anilines is 1. The predicted molar refractivity (Wildman–Crippen MR) is 106 cm³/mol. The molecule has 0 aliphatic rings. The molecule has 0 unspecified atom stereocenters. The number of methoxy groups -OCH3 is 1. The second-order valence-electron chi connectivity index (χ2n) is 5.95. The summed E-state index contributed by atoms with van der Waals surface area (Å²) < 4.78 is 5.15.